The maximum Gasteiger partial charge on any atom is 0.305 e. The smallest absolute Gasteiger partial charge is 0.242 e. The number of H-pyrrole nitrogens is 2. The normalized spacial score (nSPS) is 10.8. The molecule has 0 unspecified atom stereocenters. The first-order valence-electron chi connectivity index (χ1n) is 5.79. The van der Waals surface area contributed by atoms with Gasteiger partial charge in [-0.05, 0) is 12.1 Å². The molecule has 0 aliphatic rings. The van der Waals surface area contributed by atoms with Gasteiger partial charge in [-0.3, -0.25) is 0 Å². The zero-order valence-electron chi connectivity index (χ0n) is 10.4. The minimum absolute atomic E-state index is 0.926. The van der Waals surface area contributed by atoms with E-state index in [4.69, 9.17) is 0 Å². The van der Waals surface area contributed by atoms with Crippen LogP contribution < -0.4 is 9.13 Å². The molecule has 90 valence electrons. The Bertz CT molecular complexity index is 625. The van der Waals surface area contributed by atoms with Crippen molar-refractivity contribution in [3.8, 4) is 23.0 Å². The van der Waals surface area contributed by atoms with E-state index in [1.807, 2.05) is 66.2 Å². The summed E-state index contributed by atoms with van der Waals surface area (Å²) in [7, 11) is 3.99. The summed E-state index contributed by atoms with van der Waals surface area (Å²) in [4.78, 5) is 11.1. The molecule has 3 aromatic rings. The van der Waals surface area contributed by atoms with Gasteiger partial charge in [0.05, 0.1) is 14.1 Å². The maximum atomic E-state index is 4.68. The van der Waals surface area contributed by atoms with Crippen LogP contribution in [0.4, 0.5) is 0 Å². The number of hydrogen-bond donors (Lipinski definition) is 2. The van der Waals surface area contributed by atoms with Crippen LogP contribution in [0, 0.1) is 0 Å². The van der Waals surface area contributed by atoms with Gasteiger partial charge < -0.3 is 0 Å². The zero-order valence-corrected chi connectivity index (χ0v) is 10.4. The Hall–Kier alpha value is -2.43. The van der Waals surface area contributed by atoms with Crippen LogP contribution in [-0.2, 0) is 14.1 Å². The van der Waals surface area contributed by atoms with Crippen LogP contribution in [0.25, 0.3) is 23.0 Å². The predicted octanol–water partition coefficient (Wildman–Crippen LogP) is 0.721. The molecule has 0 bridgehead atoms. The standard InChI is InChI=1S/C13H13N5/c1-17-8-6-14-12(17)10-4-3-5-11(16-10)13-15-7-9-18(13)2/h3-9H,1-2H3/p+2. The second-order valence-corrected chi connectivity index (χ2v) is 4.25. The van der Waals surface area contributed by atoms with E-state index in [2.05, 4.69) is 15.0 Å². The molecule has 0 atom stereocenters. The third kappa shape index (κ3) is 1.69. The zero-order chi connectivity index (χ0) is 12.5. The molecule has 3 heterocycles. The lowest BCUT2D eigenvalue weighted by atomic mass is 10.3. The Morgan fingerprint density at radius 2 is 1.39 bits per heavy atom. The largest absolute Gasteiger partial charge is 0.305 e. The molecule has 0 aromatic carbocycles. The number of nitrogens with one attached hydrogen (secondary N) is 2. The second-order valence-electron chi connectivity index (χ2n) is 4.25. The number of rotatable bonds is 2. The molecular formula is C13H15N5+2. The fourth-order valence-corrected chi connectivity index (χ4v) is 2.02. The molecular weight excluding hydrogens is 226 g/mol. The predicted molar refractivity (Wildman–Crippen MR) is 66.2 cm³/mol. The van der Waals surface area contributed by atoms with Crippen LogP contribution in [0.15, 0.2) is 43.0 Å². The minimum Gasteiger partial charge on any atom is -0.242 e. The number of nitrogens with zero attached hydrogens (tertiary/aromatic N) is 3. The molecule has 18 heavy (non-hydrogen) atoms. The van der Waals surface area contributed by atoms with Crippen molar-refractivity contribution in [3.63, 3.8) is 0 Å². The van der Waals surface area contributed by atoms with Gasteiger partial charge in [0.25, 0.3) is 0 Å². The Kier molecular flexibility index (Phi) is 2.44. The van der Waals surface area contributed by atoms with Crippen molar-refractivity contribution in [1.29, 1.82) is 0 Å². The quantitative estimate of drug-likeness (QED) is 0.638. The van der Waals surface area contributed by atoms with Crippen molar-refractivity contribution in [1.82, 2.24) is 15.0 Å². The molecule has 3 aromatic heterocycles. The molecule has 0 amide bonds. The highest BCUT2D eigenvalue weighted by atomic mass is 15.1. The SMILES string of the molecule is C[n+]1cc[nH]c1-c1cccc(-c2[nH]cc[n+]2C)n1. The summed E-state index contributed by atoms with van der Waals surface area (Å²) in [5, 5.41) is 0. The van der Waals surface area contributed by atoms with Gasteiger partial charge in [0.1, 0.15) is 24.8 Å². The number of aromatic nitrogens is 5. The monoisotopic (exact) mass is 241 g/mol. The molecule has 5 nitrogen and oxygen atoms in total. The van der Waals surface area contributed by atoms with Gasteiger partial charge in [-0.25, -0.2) is 24.1 Å². The second kappa shape index (κ2) is 4.10. The van der Waals surface area contributed by atoms with E-state index in [9.17, 15) is 0 Å². The van der Waals surface area contributed by atoms with E-state index < -0.39 is 0 Å². The Morgan fingerprint density at radius 1 is 0.889 bits per heavy atom. The van der Waals surface area contributed by atoms with Crippen LogP contribution in [0.2, 0.25) is 0 Å². The van der Waals surface area contributed by atoms with E-state index in [0.717, 1.165) is 23.0 Å². The van der Waals surface area contributed by atoms with E-state index >= 15 is 0 Å². The summed E-state index contributed by atoms with van der Waals surface area (Å²) in [6.07, 6.45) is 7.74. The van der Waals surface area contributed by atoms with Crippen LogP contribution in [0.1, 0.15) is 0 Å². The Labute approximate surface area is 105 Å². The summed E-state index contributed by atoms with van der Waals surface area (Å²) in [6.45, 7) is 0. The number of aromatic amines is 2. The van der Waals surface area contributed by atoms with Gasteiger partial charge in [0.15, 0.2) is 11.4 Å². The molecule has 0 radical (unpaired) electrons. The molecule has 0 fully saturated rings. The first kappa shape index (κ1) is 10.7. The molecule has 2 N–H and O–H groups in total. The number of aryl methyl sites for hydroxylation is 2. The third-order valence-corrected chi connectivity index (χ3v) is 2.98. The highest BCUT2D eigenvalue weighted by Gasteiger charge is 2.16. The van der Waals surface area contributed by atoms with Gasteiger partial charge in [0, 0.05) is 0 Å². The summed E-state index contributed by atoms with van der Waals surface area (Å²) in [5.74, 6) is 1.98. The van der Waals surface area contributed by atoms with Gasteiger partial charge in [-0.2, -0.15) is 0 Å². The fourth-order valence-electron chi connectivity index (χ4n) is 2.02. The van der Waals surface area contributed by atoms with Crippen LogP contribution in [-0.4, -0.2) is 15.0 Å². The lowest BCUT2D eigenvalue weighted by Crippen LogP contribution is -2.29. The van der Waals surface area contributed by atoms with E-state index in [1.165, 1.54) is 0 Å². The average Bonchev–Trinajstić information content (AvgIpc) is 2.98. The van der Waals surface area contributed by atoms with E-state index in [-0.39, 0.29) is 0 Å². The number of pyridine rings is 1. The van der Waals surface area contributed by atoms with Crippen molar-refractivity contribution in [2.45, 2.75) is 0 Å². The Balaban J connectivity index is 2.11. The van der Waals surface area contributed by atoms with Crippen LogP contribution >= 0.6 is 0 Å². The van der Waals surface area contributed by atoms with E-state index in [0.29, 0.717) is 0 Å². The first-order valence-corrected chi connectivity index (χ1v) is 5.79. The van der Waals surface area contributed by atoms with Gasteiger partial charge in [-0.1, -0.05) is 6.07 Å². The summed E-state index contributed by atoms with van der Waals surface area (Å²) in [6, 6.07) is 6.01. The first-order chi connectivity index (χ1) is 8.75. The van der Waals surface area contributed by atoms with Crippen molar-refractivity contribution in [2.24, 2.45) is 14.1 Å². The highest BCUT2D eigenvalue weighted by Crippen LogP contribution is 2.15. The summed E-state index contributed by atoms with van der Waals surface area (Å²) >= 11 is 0. The molecule has 0 spiro atoms. The number of imidazole rings is 2. The van der Waals surface area contributed by atoms with Crippen LogP contribution in [0.3, 0.4) is 0 Å². The maximum absolute atomic E-state index is 4.68. The summed E-state index contributed by atoms with van der Waals surface area (Å²) < 4.78 is 4.03. The lowest BCUT2D eigenvalue weighted by Gasteiger charge is -1.98. The third-order valence-electron chi connectivity index (χ3n) is 2.98. The van der Waals surface area contributed by atoms with Gasteiger partial charge in [0.2, 0.25) is 0 Å². The van der Waals surface area contributed by atoms with Crippen molar-refractivity contribution in [3.05, 3.63) is 43.0 Å². The average molecular weight is 241 g/mol. The molecule has 0 aliphatic carbocycles. The van der Waals surface area contributed by atoms with Gasteiger partial charge in [-0.15, -0.1) is 0 Å². The van der Waals surface area contributed by atoms with Crippen molar-refractivity contribution in [2.75, 3.05) is 0 Å². The molecule has 0 saturated carbocycles. The molecule has 0 aliphatic heterocycles. The summed E-state index contributed by atoms with van der Waals surface area (Å²) in [5.41, 5.74) is 1.85. The molecule has 3 rings (SSSR count). The van der Waals surface area contributed by atoms with E-state index in [1.54, 1.807) is 0 Å². The highest BCUT2D eigenvalue weighted by molar-refractivity contribution is 5.54. The van der Waals surface area contributed by atoms with Gasteiger partial charge >= 0.3 is 11.6 Å². The Morgan fingerprint density at radius 3 is 1.78 bits per heavy atom. The molecule has 0 saturated heterocycles. The number of hydrogen-bond acceptors (Lipinski definition) is 1. The van der Waals surface area contributed by atoms with Crippen LogP contribution in [0.5, 0.6) is 0 Å². The van der Waals surface area contributed by atoms with Crippen molar-refractivity contribution >= 4 is 0 Å². The topological polar surface area (TPSA) is 52.2 Å². The minimum atomic E-state index is 0.926. The van der Waals surface area contributed by atoms with Crippen molar-refractivity contribution < 1.29 is 9.13 Å². The fraction of sp³-hybridized carbons (Fsp3) is 0.154. The molecule has 5 heteroatoms. The lowest BCUT2D eigenvalue weighted by molar-refractivity contribution is -0.659.